The van der Waals surface area contributed by atoms with E-state index in [-0.39, 0.29) is 18.3 Å². The number of carbonyl (C=O) groups is 1. The molecule has 3 rings (SSSR count). The predicted molar refractivity (Wildman–Crippen MR) is 106 cm³/mol. The van der Waals surface area contributed by atoms with Crippen molar-refractivity contribution in [1.82, 2.24) is 14.9 Å². The smallest absolute Gasteiger partial charge is 0.252 e. The van der Waals surface area contributed by atoms with Crippen LogP contribution in [0.2, 0.25) is 0 Å². The van der Waals surface area contributed by atoms with Gasteiger partial charge in [-0.25, -0.2) is 8.42 Å². The molecule has 0 unspecified atom stereocenters. The first-order chi connectivity index (χ1) is 11.7. The maximum absolute atomic E-state index is 12.8. The van der Waals surface area contributed by atoms with Gasteiger partial charge in [0.2, 0.25) is 5.91 Å². The quantitative estimate of drug-likeness (QED) is 0.758. The van der Waals surface area contributed by atoms with Crippen LogP contribution in [0.5, 0.6) is 0 Å². The Morgan fingerprint density at radius 3 is 2.46 bits per heavy atom. The van der Waals surface area contributed by atoms with E-state index in [9.17, 15) is 13.2 Å². The van der Waals surface area contributed by atoms with Crippen LogP contribution in [0.3, 0.4) is 0 Å². The molecule has 148 valence electrons. The summed E-state index contributed by atoms with van der Waals surface area (Å²) in [5, 5.41) is 6.23. The van der Waals surface area contributed by atoms with Gasteiger partial charge in [-0.3, -0.25) is 4.79 Å². The Morgan fingerprint density at radius 1 is 1.27 bits per heavy atom. The van der Waals surface area contributed by atoms with Gasteiger partial charge in [-0.2, -0.15) is 4.31 Å². The van der Waals surface area contributed by atoms with Crippen molar-refractivity contribution in [1.29, 1.82) is 0 Å². The summed E-state index contributed by atoms with van der Waals surface area (Å²) in [4.78, 5) is 12.9. The lowest BCUT2D eigenvalue weighted by molar-refractivity contribution is -0.128. The zero-order valence-corrected chi connectivity index (χ0v) is 17.9. The van der Waals surface area contributed by atoms with Crippen molar-refractivity contribution < 1.29 is 13.2 Å². The van der Waals surface area contributed by atoms with Crippen molar-refractivity contribution in [3.05, 3.63) is 17.0 Å². The van der Waals surface area contributed by atoms with E-state index in [1.54, 1.807) is 10.4 Å². The highest BCUT2D eigenvalue weighted by Gasteiger charge is 2.41. The van der Waals surface area contributed by atoms with E-state index in [0.717, 1.165) is 18.0 Å². The van der Waals surface area contributed by atoms with E-state index in [0.29, 0.717) is 42.1 Å². The first-order valence-electron chi connectivity index (χ1n) is 8.76. The first kappa shape index (κ1) is 21.6. The molecular weight excluding hydrogens is 394 g/mol. The maximum Gasteiger partial charge on any atom is 0.252 e. The van der Waals surface area contributed by atoms with Gasteiger partial charge in [0.1, 0.15) is 4.21 Å². The molecule has 0 aromatic carbocycles. The summed E-state index contributed by atoms with van der Waals surface area (Å²) in [5.74, 6) is 0.901. The third kappa shape index (κ3) is 4.59. The largest absolute Gasteiger partial charge is 0.355 e. The first-order valence-corrected chi connectivity index (χ1v) is 11.0. The highest BCUT2D eigenvalue weighted by Crippen LogP contribution is 2.33. The van der Waals surface area contributed by atoms with Gasteiger partial charge in [-0.15, -0.1) is 23.7 Å². The second kappa shape index (κ2) is 8.14. The molecule has 2 N–H and O–H groups in total. The number of nitrogens with zero attached hydrogens (tertiary/aromatic N) is 1. The van der Waals surface area contributed by atoms with Crippen molar-refractivity contribution in [3.8, 4) is 0 Å². The molecule has 2 atom stereocenters. The van der Waals surface area contributed by atoms with Crippen LogP contribution in [-0.4, -0.2) is 51.4 Å². The minimum Gasteiger partial charge on any atom is -0.355 e. The fraction of sp³-hybridized carbons (Fsp3) is 0.706. The molecule has 1 aromatic rings. The average Bonchev–Trinajstić information content (AvgIpc) is 3.21. The summed E-state index contributed by atoms with van der Waals surface area (Å²) >= 11 is 1.32. The monoisotopic (exact) mass is 421 g/mol. The third-order valence-electron chi connectivity index (χ3n) is 4.93. The molecule has 0 bridgehead atoms. The van der Waals surface area contributed by atoms with Crippen molar-refractivity contribution in [2.75, 3.05) is 32.7 Å². The van der Waals surface area contributed by atoms with Crippen molar-refractivity contribution >= 4 is 39.7 Å². The summed E-state index contributed by atoms with van der Waals surface area (Å²) in [6.45, 7) is 9.22. The normalized spacial score (nSPS) is 23.5. The second-order valence-electron chi connectivity index (χ2n) is 7.98. The van der Waals surface area contributed by atoms with Gasteiger partial charge in [0.25, 0.3) is 10.0 Å². The Hall–Kier alpha value is -0.670. The Labute approximate surface area is 166 Å². The lowest BCUT2D eigenvalue weighted by Gasteiger charge is -2.17. The van der Waals surface area contributed by atoms with Crippen LogP contribution in [0.4, 0.5) is 0 Å². The molecule has 2 aliphatic rings. The van der Waals surface area contributed by atoms with Crippen LogP contribution in [-0.2, 0) is 21.2 Å². The summed E-state index contributed by atoms with van der Waals surface area (Å²) < 4.78 is 27.7. The third-order valence-corrected chi connectivity index (χ3v) is 8.37. The minimum absolute atomic E-state index is 0. The number of thiophene rings is 1. The van der Waals surface area contributed by atoms with E-state index < -0.39 is 15.4 Å². The van der Waals surface area contributed by atoms with Gasteiger partial charge in [-0.1, -0.05) is 20.8 Å². The molecular formula is C17H28ClN3O3S2. The summed E-state index contributed by atoms with van der Waals surface area (Å²) in [6, 6.07) is 3.56. The van der Waals surface area contributed by atoms with E-state index in [1.807, 2.05) is 26.8 Å². The molecule has 1 aromatic heterocycles. The van der Waals surface area contributed by atoms with Crippen LogP contribution in [0, 0.1) is 17.3 Å². The van der Waals surface area contributed by atoms with Gasteiger partial charge in [-0.05, 0) is 43.5 Å². The Morgan fingerprint density at radius 2 is 1.88 bits per heavy atom. The number of nitrogens with one attached hydrogen (secondary N) is 2. The standard InChI is InChI=1S/C17H27N3O3S2.ClH/c1-17(2,3)16(21)19-7-6-14-4-5-15(24-14)25(22,23)20-10-12-8-18-9-13(12)11-20;/h4-5,12-13,18H,6-11H2,1-3H3,(H,19,21);1H/t12-,13+;. The predicted octanol–water partition coefficient (Wildman–Crippen LogP) is 1.71. The van der Waals surface area contributed by atoms with Crippen LogP contribution in [0.25, 0.3) is 0 Å². The molecule has 1 amide bonds. The highest BCUT2D eigenvalue weighted by atomic mass is 35.5. The number of fused-ring (bicyclic) bond motifs is 1. The summed E-state index contributed by atoms with van der Waals surface area (Å²) in [7, 11) is -3.39. The molecule has 0 saturated carbocycles. The zero-order valence-electron chi connectivity index (χ0n) is 15.4. The fourth-order valence-corrected chi connectivity index (χ4v) is 6.39. The number of rotatable bonds is 5. The Kier molecular flexibility index (Phi) is 6.77. The number of hydrogen-bond acceptors (Lipinski definition) is 5. The Balaban J connectivity index is 0.00000243. The van der Waals surface area contributed by atoms with Gasteiger partial charge in [0, 0.05) is 29.9 Å². The lowest BCUT2D eigenvalue weighted by atomic mass is 9.96. The zero-order chi connectivity index (χ0) is 18.2. The molecule has 9 heteroatoms. The molecule has 0 aliphatic carbocycles. The van der Waals surface area contributed by atoms with Crippen LogP contribution < -0.4 is 10.6 Å². The molecule has 3 heterocycles. The second-order valence-corrected chi connectivity index (χ2v) is 11.3. The van der Waals surface area contributed by atoms with E-state index in [1.165, 1.54) is 11.3 Å². The number of halogens is 1. The molecule has 6 nitrogen and oxygen atoms in total. The molecule has 2 saturated heterocycles. The molecule has 2 aliphatic heterocycles. The summed E-state index contributed by atoms with van der Waals surface area (Å²) in [5.41, 5.74) is -0.410. The molecule has 26 heavy (non-hydrogen) atoms. The van der Waals surface area contributed by atoms with Crippen molar-refractivity contribution in [3.63, 3.8) is 0 Å². The van der Waals surface area contributed by atoms with E-state index in [4.69, 9.17) is 0 Å². The lowest BCUT2D eigenvalue weighted by Crippen LogP contribution is -2.35. The number of hydrogen-bond donors (Lipinski definition) is 2. The summed E-state index contributed by atoms with van der Waals surface area (Å²) in [6.07, 6.45) is 0.650. The number of amides is 1. The van der Waals surface area contributed by atoms with Crippen molar-refractivity contribution in [2.24, 2.45) is 17.3 Å². The van der Waals surface area contributed by atoms with Gasteiger partial charge in [0.15, 0.2) is 0 Å². The average molecular weight is 422 g/mol. The van der Waals surface area contributed by atoms with E-state index in [2.05, 4.69) is 10.6 Å². The van der Waals surface area contributed by atoms with Gasteiger partial charge >= 0.3 is 0 Å². The van der Waals surface area contributed by atoms with Gasteiger partial charge in [0.05, 0.1) is 0 Å². The topological polar surface area (TPSA) is 78.5 Å². The Bertz CT molecular complexity index is 731. The van der Waals surface area contributed by atoms with E-state index >= 15 is 0 Å². The van der Waals surface area contributed by atoms with Gasteiger partial charge < -0.3 is 10.6 Å². The SMILES string of the molecule is CC(C)(C)C(=O)NCCc1ccc(S(=O)(=O)N2C[C@H]3CNC[C@H]3C2)s1.Cl. The number of carbonyl (C=O) groups excluding carboxylic acids is 1. The highest BCUT2D eigenvalue weighted by molar-refractivity contribution is 7.91. The van der Waals surface area contributed by atoms with Crippen LogP contribution in [0.1, 0.15) is 25.6 Å². The molecule has 0 spiro atoms. The van der Waals surface area contributed by atoms with Crippen LogP contribution in [0.15, 0.2) is 16.3 Å². The maximum atomic E-state index is 12.8. The number of sulfonamides is 1. The molecule has 2 fully saturated rings. The molecule has 0 radical (unpaired) electrons. The minimum atomic E-state index is -3.39. The van der Waals surface area contributed by atoms with Crippen molar-refractivity contribution in [2.45, 2.75) is 31.4 Å². The van der Waals surface area contributed by atoms with Crippen LogP contribution >= 0.6 is 23.7 Å². The fourth-order valence-electron chi connectivity index (χ4n) is 3.33.